The minimum atomic E-state index is -0.422. The topological polar surface area (TPSA) is 74.9 Å². The molecular weight excluding hydrogens is 500 g/mol. The molecule has 7 nitrogen and oxygen atoms in total. The second kappa shape index (κ2) is 15.0. The number of nitrogens with zero attached hydrogens (tertiary/aromatic N) is 1. The van der Waals surface area contributed by atoms with Crippen LogP contribution in [0.1, 0.15) is 62.6 Å². The molecule has 2 fully saturated rings. The van der Waals surface area contributed by atoms with Crippen molar-refractivity contribution in [3.8, 4) is 5.75 Å². The van der Waals surface area contributed by atoms with Crippen molar-refractivity contribution in [2.45, 2.75) is 77.0 Å². The number of carbonyl (C=O) groups excluding carboxylic acids is 1. The number of likely N-dealkylation sites (tertiary alicyclic amines) is 1. The van der Waals surface area contributed by atoms with Gasteiger partial charge in [0.15, 0.2) is 0 Å². The number of nitrogens with one attached hydrogen (secondary N) is 3. The molecule has 2 saturated heterocycles. The molecule has 0 radical (unpaired) electrons. The Morgan fingerprint density at radius 3 is 2.52 bits per heavy atom. The molecule has 0 saturated carbocycles. The lowest BCUT2D eigenvalue weighted by molar-refractivity contribution is -0.175. The SMILES string of the molecule is CCCCOC1(c2ccccc2C)CN(C(=O)C(Cc2ccc(OC)cc2)NCCC(CCC)C2CNCN2)C1. The van der Waals surface area contributed by atoms with Gasteiger partial charge in [0, 0.05) is 25.9 Å². The summed E-state index contributed by atoms with van der Waals surface area (Å²) >= 11 is 0. The van der Waals surface area contributed by atoms with Crippen LogP contribution in [0.25, 0.3) is 0 Å². The van der Waals surface area contributed by atoms with Crippen LogP contribution in [0.4, 0.5) is 0 Å². The van der Waals surface area contributed by atoms with Crippen molar-refractivity contribution in [2.75, 3.05) is 46.6 Å². The van der Waals surface area contributed by atoms with E-state index in [1.807, 2.05) is 17.0 Å². The summed E-state index contributed by atoms with van der Waals surface area (Å²) < 4.78 is 11.9. The molecule has 3 atom stereocenters. The Morgan fingerprint density at radius 1 is 1.10 bits per heavy atom. The molecule has 2 heterocycles. The Bertz CT molecular complexity index is 1050. The van der Waals surface area contributed by atoms with Gasteiger partial charge in [-0.1, -0.05) is 63.1 Å². The number of carbonyl (C=O) groups is 1. The second-order valence-corrected chi connectivity index (χ2v) is 11.5. The molecule has 2 aliphatic heterocycles. The zero-order valence-electron chi connectivity index (χ0n) is 25.0. The number of methoxy groups -OCH3 is 1. The fourth-order valence-electron chi connectivity index (χ4n) is 6.22. The number of unbranched alkanes of at least 4 members (excludes halogenated alkanes) is 1. The van der Waals surface area contributed by atoms with Crippen molar-refractivity contribution < 1.29 is 14.3 Å². The number of amides is 1. The molecule has 0 spiro atoms. The van der Waals surface area contributed by atoms with Crippen LogP contribution in [0.3, 0.4) is 0 Å². The third-order valence-electron chi connectivity index (χ3n) is 8.60. The van der Waals surface area contributed by atoms with E-state index in [2.05, 4.69) is 73.1 Å². The zero-order valence-corrected chi connectivity index (χ0v) is 25.0. The molecule has 1 amide bonds. The minimum Gasteiger partial charge on any atom is -0.497 e. The fraction of sp³-hybridized carbons (Fsp3) is 0.606. The van der Waals surface area contributed by atoms with Crippen LogP contribution >= 0.6 is 0 Å². The van der Waals surface area contributed by atoms with Gasteiger partial charge >= 0.3 is 0 Å². The van der Waals surface area contributed by atoms with Crippen LogP contribution < -0.4 is 20.7 Å². The zero-order chi connectivity index (χ0) is 28.4. The van der Waals surface area contributed by atoms with E-state index in [1.165, 1.54) is 24.0 Å². The van der Waals surface area contributed by atoms with E-state index >= 15 is 0 Å². The molecule has 0 bridgehead atoms. The summed E-state index contributed by atoms with van der Waals surface area (Å²) in [5.41, 5.74) is 3.13. The molecule has 3 N–H and O–H groups in total. The van der Waals surface area contributed by atoms with Gasteiger partial charge < -0.3 is 30.3 Å². The van der Waals surface area contributed by atoms with Crippen molar-refractivity contribution >= 4 is 5.91 Å². The Balaban J connectivity index is 1.46. The quantitative estimate of drug-likeness (QED) is 0.269. The summed E-state index contributed by atoms with van der Waals surface area (Å²) in [6, 6.07) is 16.7. The summed E-state index contributed by atoms with van der Waals surface area (Å²) in [6.45, 7) is 11.2. The van der Waals surface area contributed by atoms with Crippen LogP contribution in [-0.4, -0.2) is 69.5 Å². The van der Waals surface area contributed by atoms with Gasteiger partial charge in [0.25, 0.3) is 0 Å². The smallest absolute Gasteiger partial charge is 0.240 e. The van der Waals surface area contributed by atoms with Gasteiger partial charge in [0.1, 0.15) is 11.4 Å². The van der Waals surface area contributed by atoms with Gasteiger partial charge in [-0.3, -0.25) is 4.79 Å². The number of aryl methyl sites for hydroxylation is 1. The van der Waals surface area contributed by atoms with E-state index in [1.54, 1.807) is 7.11 Å². The van der Waals surface area contributed by atoms with Crippen LogP contribution in [0.15, 0.2) is 48.5 Å². The van der Waals surface area contributed by atoms with Crippen molar-refractivity contribution in [1.29, 1.82) is 0 Å². The number of hydrogen-bond acceptors (Lipinski definition) is 6. The summed E-state index contributed by atoms with van der Waals surface area (Å²) in [5, 5.41) is 10.7. The number of hydrogen-bond donors (Lipinski definition) is 3. The highest BCUT2D eigenvalue weighted by Gasteiger charge is 2.49. The number of rotatable bonds is 16. The first-order valence-corrected chi connectivity index (χ1v) is 15.3. The van der Waals surface area contributed by atoms with E-state index < -0.39 is 5.60 Å². The molecule has 7 heteroatoms. The van der Waals surface area contributed by atoms with E-state index in [9.17, 15) is 4.79 Å². The first-order chi connectivity index (χ1) is 19.5. The third kappa shape index (κ3) is 7.64. The van der Waals surface area contributed by atoms with Gasteiger partial charge in [-0.15, -0.1) is 0 Å². The van der Waals surface area contributed by atoms with Crippen molar-refractivity contribution in [1.82, 2.24) is 20.9 Å². The largest absolute Gasteiger partial charge is 0.497 e. The number of ether oxygens (including phenoxy) is 2. The fourth-order valence-corrected chi connectivity index (χ4v) is 6.22. The molecule has 4 rings (SSSR count). The maximum atomic E-state index is 14.0. The van der Waals surface area contributed by atoms with E-state index in [-0.39, 0.29) is 11.9 Å². The van der Waals surface area contributed by atoms with Gasteiger partial charge in [-0.05, 0) is 73.9 Å². The molecule has 2 aromatic carbocycles. The Morgan fingerprint density at radius 2 is 1.88 bits per heavy atom. The normalized spacial score (nSPS) is 19.7. The van der Waals surface area contributed by atoms with Crippen LogP contribution in [0, 0.1) is 12.8 Å². The second-order valence-electron chi connectivity index (χ2n) is 11.5. The first kappa shape index (κ1) is 30.5. The molecule has 40 heavy (non-hydrogen) atoms. The maximum absolute atomic E-state index is 14.0. The lowest BCUT2D eigenvalue weighted by atomic mass is 9.82. The van der Waals surface area contributed by atoms with Gasteiger partial charge in [0.2, 0.25) is 5.91 Å². The minimum absolute atomic E-state index is 0.159. The standard InChI is InChI=1S/C33H50N4O3/c1-5-7-19-40-33(29-12-9-8-11-25(29)3)22-37(23-33)32(38)30(20-26-13-15-28(39-4)16-14-26)35-18-17-27(10-6-2)31-21-34-24-36-31/h8-9,11-16,27,30-31,34-36H,5-7,10,17-24H2,1-4H3. The predicted octanol–water partition coefficient (Wildman–Crippen LogP) is 4.38. The van der Waals surface area contributed by atoms with Crippen LogP contribution in [-0.2, 0) is 21.6 Å². The molecule has 2 aliphatic rings. The summed E-state index contributed by atoms with van der Waals surface area (Å²) in [7, 11) is 1.68. The molecule has 2 aromatic rings. The van der Waals surface area contributed by atoms with Gasteiger partial charge in [-0.25, -0.2) is 0 Å². The monoisotopic (exact) mass is 550 g/mol. The van der Waals surface area contributed by atoms with Crippen molar-refractivity contribution in [3.05, 3.63) is 65.2 Å². The van der Waals surface area contributed by atoms with Crippen LogP contribution in [0.2, 0.25) is 0 Å². The lowest BCUT2D eigenvalue weighted by Gasteiger charge is -2.51. The average Bonchev–Trinajstić information content (AvgIpc) is 3.49. The van der Waals surface area contributed by atoms with Crippen molar-refractivity contribution in [2.24, 2.45) is 5.92 Å². The van der Waals surface area contributed by atoms with Crippen molar-refractivity contribution in [3.63, 3.8) is 0 Å². The Labute approximate surface area is 241 Å². The molecule has 220 valence electrons. The van der Waals surface area contributed by atoms with Gasteiger partial charge in [0.05, 0.1) is 26.2 Å². The summed E-state index contributed by atoms with van der Waals surface area (Å²) in [4.78, 5) is 16.0. The van der Waals surface area contributed by atoms with Gasteiger partial charge in [-0.2, -0.15) is 0 Å². The highest BCUT2D eigenvalue weighted by atomic mass is 16.5. The predicted molar refractivity (Wildman–Crippen MR) is 162 cm³/mol. The molecule has 3 unspecified atom stereocenters. The summed E-state index contributed by atoms with van der Waals surface area (Å²) in [5.74, 6) is 1.58. The van der Waals surface area contributed by atoms with E-state index in [0.717, 1.165) is 50.3 Å². The lowest BCUT2D eigenvalue weighted by Crippen LogP contribution is -2.66. The van der Waals surface area contributed by atoms with Crippen LogP contribution in [0.5, 0.6) is 5.75 Å². The average molecular weight is 551 g/mol. The maximum Gasteiger partial charge on any atom is 0.240 e. The number of benzene rings is 2. The summed E-state index contributed by atoms with van der Waals surface area (Å²) in [6.07, 6.45) is 6.17. The highest BCUT2D eigenvalue weighted by molar-refractivity contribution is 5.83. The van der Waals surface area contributed by atoms with E-state index in [0.29, 0.717) is 38.1 Å². The molecule has 0 aliphatic carbocycles. The third-order valence-corrected chi connectivity index (χ3v) is 8.60. The van der Waals surface area contributed by atoms with E-state index in [4.69, 9.17) is 9.47 Å². The Hall–Kier alpha value is -2.45. The molecular formula is C33H50N4O3. The molecule has 0 aromatic heterocycles. The first-order valence-electron chi connectivity index (χ1n) is 15.3. The Kier molecular flexibility index (Phi) is 11.4. The highest BCUT2D eigenvalue weighted by Crippen LogP contribution is 2.38.